The summed E-state index contributed by atoms with van der Waals surface area (Å²) in [5, 5.41) is 5.92. The van der Waals surface area contributed by atoms with E-state index in [1.54, 1.807) is 7.05 Å². The van der Waals surface area contributed by atoms with Crippen LogP contribution in [0.3, 0.4) is 0 Å². The van der Waals surface area contributed by atoms with Gasteiger partial charge < -0.3 is 10.6 Å². The van der Waals surface area contributed by atoms with Crippen molar-refractivity contribution in [1.82, 2.24) is 10.6 Å². The van der Waals surface area contributed by atoms with Gasteiger partial charge in [-0.2, -0.15) is 0 Å². The average Bonchev–Trinajstić information content (AvgIpc) is 2.35. The molecule has 0 aromatic heterocycles. The summed E-state index contributed by atoms with van der Waals surface area (Å²) in [7, 11) is 1.66. The molecule has 1 unspecified atom stereocenters. The highest BCUT2D eigenvalue weighted by molar-refractivity contribution is 7.99. The minimum Gasteiger partial charge on any atom is -0.358 e. The van der Waals surface area contributed by atoms with Gasteiger partial charge in [0.15, 0.2) is 0 Å². The maximum atomic E-state index is 11.2. The van der Waals surface area contributed by atoms with Gasteiger partial charge in [-0.25, -0.2) is 0 Å². The first-order chi connectivity index (χ1) is 7.81. The Morgan fingerprint density at radius 3 is 3.12 bits per heavy atom. The predicted molar refractivity (Wildman–Crippen MR) is 66.6 cm³/mol. The molecule has 0 fully saturated rings. The molecule has 3 nitrogen and oxygen atoms in total. The highest BCUT2D eigenvalue weighted by Crippen LogP contribution is 2.35. The first-order valence-electron chi connectivity index (χ1n) is 5.47. The van der Waals surface area contributed by atoms with Gasteiger partial charge in [-0.05, 0) is 23.8 Å². The summed E-state index contributed by atoms with van der Waals surface area (Å²) in [4.78, 5) is 12.5. The Labute approximate surface area is 100.0 Å². The molecule has 1 aliphatic rings. The maximum Gasteiger partial charge on any atom is 0.233 e. The molecule has 4 heteroatoms. The van der Waals surface area contributed by atoms with Gasteiger partial charge in [0.05, 0.1) is 6.54 Å². The number of carbonyl (C=O) groups is 1. The zero-order valence-corrected chi connectivity index (χ0v) is 10.1. The van der Waals surface area contributed by atoms with E-state index in [-0.39, 0.29) is 5.91 Å². The molecule has 2 N–H and O–H groups in total. The Kier molecular flexibility index (Phi) is 3.85. The molecule has 1 amide bonds. The summed E-state index contributed by atoms with van der Waals surface area (Å²) >= 11 is 1.89. The van der Waals surface area contributed by atoms with Crippen molar-refractivity contribution in [1.29, 1.82) is 0 Å². The number of fused-ring (bicyclic) bond motifs is 1. The van der Waals surface area contributed by atoms with Crippen LogP contribution < -0.4 is 10.6 Å². The third kappa shape index (κ3) is 2.57. The Hall–Kier alpha value is -1.00. The average molecular weight is 236 g/mol. The molecule has 1 aromatic carbocycles. The van der Waals surface area contributed by atoms with Crippen LogP contribution in [0.2, 0.25) is 0 Å². The normalized spacial score (nSPS) is 18.9. The van der Waals surface area contributed by atoms with E-state index in [0.717, 1.165) is 12.2 Å². The largest absolute Gasteiger partial charge is 0.358 e. The molecule has 0 spiro atoms. The Morgan fingerprint density at radius 2 is 2.31 bits per heavy atom. The number of hydrogen-bond donors (Lipinski definition) is 2. The predicted octanol–water partition coefficient (Wildman–Crippen LogP) is 1.56. The van der Waals surface area contributed by atoms with Crippen LogP contribution in [0.5, 0.6) is 0 Å². The molecule has 0 aliphatic carbocycles. The highest BCUT2D eigenvalue weighted by Gasteiger charge is 2.19. The van der Waals surface area contributed by atoms with E-state index >= 15 is 0 Å². The van der Waals surface area contributed by atoms with E-state index in [1.807, 2.05) is 11.8 Å². The molecule has 0 saturated heterocycles. The first-order valence-corrected chi connectivity index (χ1v) is 6.45. The van der Waals surface area contributed by atoms with Crippen LogP contribution in [0.15, 0.2) is 29.2 Å². The third-order valence-corrected chi connectivity index (χ3v) is 3.87. The minimum absolute atomic E-state index is 0.0377. The van der Waals surface area contributed by atoms with E-state index in [2.05, 4.69) is 34.9 Å². The number of likely N-dealkylation sites (N-methyl/N-ethyl adjacent to an activating group) is 1. The van der Waals surface area contributed by atoms with Crippen molar-refractivity contribution >= 4 is 17.7 Å². The SMILES string of the molecule is CNC(=O)CNC1CCSc2ccccc21. The molecule has 0 bridgehead atoms. The van der Waals surface area contributed by atoms with Crippen LogP contribution in [0, 0.1) is 0 Å². The fraction of sp³-hybridized carbons (Fsp3) is 0.417. The van der Waals surface area contributed by atoms with E-state index in [9.17, 15) is 4.79 Å². The molecule has 2 rings (SSSR count). The number of amides is 1. The number of nitrogens with one attached hydrogen (secondary N) is 2. The van der Waals surface area contributed by atoms with Crippen LogP contribution in [0.4, 0.5) is 0 Å². The van der Waals surface area contributed by atoms with E-state index in [0.29, 0.717) is 12.6 Å². The molecule has 1 heterocycles. The van der Waals surface area contributed by atoms with Crippen LogP contribution in [-0.2, 0) is 4.79 Å². The van der Waals surface area contributed by atoms with Crippen molar-refractivity contribution in [3.8, 4) is 0 Å². The van der Waals surface area contributed by atoms with Crippen molar-refractivity contribution < 1.29 is 4.79 Å². The van der Waals surface area contributed by atoms with E-state index in [1.165, 1.54) is 10.5 Å². The summed E-state index contributed by atoms with van der Waals surface area (Å²) in [6, 6.07) is 8.72. The van der Waals surface area contributed by atoms with Crippen molar-refractivity contribution in [2.24, 2.45) is 0 Å². The molecule has 0 saturated carbocycles. The standard InChI is InChI=1S/C12H16N2OS/c1-13-12(15)8-14-10-6-7-16-11-5-3-2-4-9(10)11/h2-5,10,14H,6-8H2,1H3,(H,13,15). The van der Waals surface area contributed by atoms with Crippen LogP contribution in [0.25, 0.3) is 0 Å². The summed E-state index contributed by atoms with van der Waals surface area (Å²) in [5.41, 5.74) is 1.32. The monoisotopic (exact) mass is 236 g/mol. The molecule has 16 heavy (non-hydrogen) atoms. The fourth-order valence-corrected chi connectivity index (χ4v) is 2.98. The lowest BCUT2D eigenvalue weighted by Crippen LogP contribution is -2.34. The number of benzene rings is 1. The van der Waals surface area contributed by atoms with E-state index < -0.39 is 0 Å². The fourth-order valence-electron chi connectivity index (χ4n) is 1.86. The van der Waals surface area contributed by atoms with E-state index in [4.69, 9.17) is 0 Å². The first kappa shape index (κ1) is 11.5. The topological polar surface area (TPSA) is 41.1 Å². The second-order valence-corrected chi connectivity index (χ2v) is 4.92. The van der Waals surface area contributed by atoms with Gasteiger partial charge in [0.1, 0.15) is 0 Å². The smallest absolute Gasteiger partial charge is 0.233 e. The molecule has 86 valence electrons. The lowest BCUT2D eigenvalue weighted by Gasteiger charge is -2.25. The summed E-state index contributed by atoms with van der Waals surface area (Å²) in [6.07, 6.45) is 1.08. The van der Waals surface area contributed by atoms with Gasteiger partial charge in [0.2, 0.25) is 5.91 Å². The second kappa shape index (κ2) is 5.37. The zero-order valence-electron chi connectivity index (χ0n) is 9.32. The molecule has 1 atom stereocenters. The molecule has 0 radical (unpaired) electrons. The van der Waals surface area contributed by atoms with Gasteiger partial charge in [0, 0.05) is 18.0 Å². The van der Waals surface area contributed by atoms with Gasteiger partial charge in [-0.3, -0.25) is 4.79 Å². The molecule has 1 aliphatic heterocycles. The van der Waals surface area contributed by atoms with Crippen molar-refractivity contribution in [3.63, 3.8) is 0 Å². The van der Waals surface area contributed by atoms with Crippen LogP contribution in [-0.4, -0.2) is 25.3 Å². The molecule has 1 aromatic rings. The number of thioether (sulfide) groups is 1. The van der Waals surface area contributed by atoms with Crippen LogP contribution >= 0.6 is 11.8 Å². The third-order valence-electron chi connectivity index (χ3n) is 2.75. The Balaban J connectivity index is 2.04. The van der Waals surface area contributed by atoms with Crippen molar-refractivity contribution in [2.75, 3.05) is 19.3 Å². The quantitative estimate of drug-likeness (QED) is 0.837. The van der Waals surface area contributed by atoms with Crippen molar-refractivity contribution in [2.45, 2.75) is 17.4 Å². The van der Waals surface area contributed by atoms with Gasteiger partial charge in [-0.15, -0.1) is 11.8 Å². The minimum atomic E-state index is 0.0377. The highest BCUT2D eigenvalue weighted by atomic mass is 32.2. The number of hydrogen-bond acceptors (Lipinski definition) is 3. The zero-order chi connectivity index (χ0) is 11.4. The maximum absolute atomic E-state index is 11.2. The van der Waals surface area contributed by atoms with Gasteiger partial charge >= 0.3 is 0 Å². The number of carbonyl (C=O) groups excluding carboxylic acids is 1. The van der Waals surface area contributed by atoms with Crippen LogP contribution in [0.1, 0.15) is 18.0 Å². The second-order valence-electron chi connectivity index (χ2n) is 3.78. The van der Waals surface area contributed by atoms with Gasteiger partial charge in [0.25, 0.3) is 0 Å². The molecular weight excluding hydrogens is 220 g/mol. The number of rotatable bonds is 3. The summed E-state index contributed by atoms with van der Waals surface area (Å²) in [5.74, 6) is 1.15. The Bertz CT molecular complexity index is 381. The summed E-state index contributed by atoms with van der Waals surface area (Å²) < 4.78 is 0. The molecular formula is C12H16N2OS. The Morgan fingerprint density at radius 1 is 1.50 bits per heavy atom. The lowest BCUT2D eigenvalue weighted by atomic mass is 10.0. The van der Waals surface area contributed by atoms with Gasteiger partial charge in [-0.1, -0.05) is 18.2 Å². The lowest BCUT2D eigenvalue weighted by molar-refractivity contribution is -0.119. The summed E-state index contributed by atoms with van der Waals surface area (Å²) in [6.45, 7) is 0.389. The van der Waals surface area contributed by atoms with Crippen molar-refractivity contribution in [3.05, 3.63) is 29.8 Å².